The van der Waals surface area contributed by atoms with Crippen molar-refractivity contribution in [2.75, 3.05) is 6.61 Å². The molecule has 1 heterocycles. The van der Waals surface area contributed by atoms with E-state index in [2.05, 4.69) is 4.98 Å². The molecule has 0 spiro atoms. The number of nitrogens with zero attached hydrogens (tertiary/aromatic N) is 1. The minimum absolute atomic E-state index is 0.0715. The first-order valence-corrected chi connectivity index (χ1v) is 5.43. The van der Waals surface area contributed by atoms with Crippen molar-refractivity contribution in [1.29, 1.82) is 0 Å². The maximum atomic E-state index is 12.6. The van der Waals surface area contributed by atoms with Crippen LogP contribution >= 0.6 is 11.6 Å². The van der Waals surface area contributed by atoms with Gasteiger partial charge in [0, 0.05) is 0 Å². The number of carbonyl (C=O) groups excluding carboxylic acids is 1. The topological polar surface area (TPSA) is 39.2 Å². The quantitative estimate of drug-likeness (QED) is 0.619. The zero-order valence-electron chi connectivity index (χ0n) is 9.47. The Kier molecular flexibility index (Phi) is 4.81. The Hall–Kier alpha value is -1.23. The normalized spacial score (nSPS) is 10.7. The number of ether oxygens (including phenoxy) is 1. The van der Waals surface area contributed by atoms with Crippen molar-refractivity contribution in [3.05, 3.63) is 28.0 Å². The summed E-state index contributed by atoms with van der Waals surface area (Å²) >= 11 is 5.65. The third kappa shape index (κ3) is 3.63. The highest BCUT2D eigenvalue weighted by molar-refractivity contribution is 6.30. The van der Waals surface area contributed by atoms with Crippen molar-refractivity contribution in [1.82, 2.24) is 4.98 Å². The van der Waals surface area contributed by atoms with Crippen LogP contribution in [0, 0.1) is 6.92 Å². The van der Waals surface area contributed by atoms with Crippen LogP contribution in [0.15, 0.2) is 6.07 Å². The molecular weight excluding hydrogens is 252 g/mol. The van der Waals surface area contributed by atoms with Gasteiger partial charge in [-0.3, -0.25) is 4.79 Å². The van der Waals surface area contributed by atoms with Crippen molar-refractivity contribution >= 4 is 17.6 Å². The summed E-state index contributed by atoms with van der Waals surface area (Å²) in [5.41, 5.74) is 0.355. The van der Waals surface area contributed by atoms with Crippen LogP contribution in [0.1, 0.15) is 30.2 Å². The Morgan fingerprint density at radius 3 is 2.71 bits per heavy atom. The maximum absolute atomic E-state index is 12.6. The maximum Gasteiger partial charge on any atom is 0.311 e. The summed E-state index contributed by atoms with van der Waals surface area (Å²) in [7, 11) is 0. The van der Waals surface area contributed by atoms with Crippen LogP contribution in [0.3, 0.4) is 0 Å². The molecule has 0 fully saturated rings. The average molecular weight is 264 g/mol. The first-order valence-electron chi connectivity index (χ1n) is 5.05. The highest BCUT2D eigenvalue weighted by Gasteiger charge is 2.18. The fourth-order valence-corrected chi connectivity index (χ4v) is 1.76. The number of pyridine rings is 1. The Morgan fingerprint density at radius 2 is 2.24 bits per heavy atom. The van der Waals surface area contributed by atoms with Gasteiger partial charge in [0.1, 0.15) is 5.15 Å². The molecule has 0 aliphatic heterocycles. The Labute approximate surface area is 103 Å². The van der Waals surface area contributed by atoms with Crippen molar-refractivity contribution in [3.8, 4) is 0 Å². The van der Waals surface area contributed by atoms with E-state index in [0.29, 0.717) is 11.3 Å². The van der Waals surface area contributed by atoms with Crippen LogP contribution in [-0.4, -0.2) is 17.6 Å². The highest BCUT2D eigenvalue weighted by atomic mass is 35.5. The molecule has 0 aliphatic rings. The molecule has 17 heavy (non-hydrogen) atoms. The van der Waals surface area contributed by atoms with Crippen LogP contribution in [-0.2, 0) is 16.0 Å². The Morgan fingerprint density at radius 1 is 1.59 bits per heavy atom. The first kappa shape index (κ1) is 13.8. The van der Waals surface area contributed by atoms with Crippen LogP contribution in [0.2, 0.25) is 5.15 Å². The second-order valence-corrected chi connectivity index (χ2v) is 3.78. The van der Waals surface area contributed by atoms with Crippen molar-refractivity contribution in [2.45, 2.75) is 26.7 Å². The molecule has 6 heteroatoms. The zero-order valence-corrected chi connectivity index (χ0v) is 10.2. The number of carbonyl (C=O) groups is 1. The van der Waals surface area contributed by atoms with Crippen LogP contribution in [0.4, 0.5) is 8.78 Å². The molecule has 0 atom stereocenters. The van der Waals surface area contributed by atoms with E-state index in [1.807, 2.05) is 0 Å². The van der Waals surface area contributed by atoms with Gasteiger partial charge in [-0.1, -0.05) is 11.6 Å². The fourth-order valence-electron chi connectivity index (χ4n) is 1.42. The van der Waals surface area contributed by atoms with Gasteiger partial charge in [-0.15, -0.1) is 0 Å². The predicted octanol–water partition coefficient (Wildman–Crippen LogP) is 3.09. The largest absolute Gasteiger partial charge is 0.466 e. The van der Waals surface area contributed by atoms with Crippen LogP contribution in [0.25, 0.3) is 0 Å². The molecule has 0 aromatic carbocycles. The second kappa shape index (κ2) is 5.91. The van der Waals surface area contributed by atoms with E-state index in [-0.39, 0.29) is 23.7 Å². The predicted molar refractivity (Wildman–Crippen MR) is 59.3 cm³/mol. The summed E-state index contributed by atoms with van der Waals surface area (Å²) in [5, 5.41) is -0.265. The highest BCUT2D eigenvalue weighted by Crippen LogP contribution is 2.29. The molecule has 3 nitrogen and oxygen atoms in total. The lowest BCUT2D eigenvalue weighted by molar-refractivity contribution is -0.142. The summed E-state index contributed by atoms with van der Waals surface area (Å²) in [4.78, 5) is 15.0. The Balaban J connectivity index is 2.94. The standard InChI is InChI=1S/C11H12ClF2NO2/c1-3-17-8(16)5-7-4-6(2)9(11(13)14)10(12)15-7/h4,11H,3,5H2,1-2H3. The van der Waals surface area contributed by atoms with Gasteiger partial charge in [0.25, 0.3) is 6.43 Å². The SMILES string of the molecule is CCOC(=O)Cc1cc(C)c(C(F)F)c(Cl)n1. The molecule has 1 aromatic heterocycles. The number of esters is 1. The van der Waals surface area contributed by atoms with Crippen molar-refractivity contribution in [2.24, 2.45) is 0 Å². The van der Waals surface area contributed by atoms with E-state index in [1.165, 1.54) is 13.0 Å². The van der Waals surface area contributed by atoms with E-state index >= 15 is 0 Å². The molecule has 0 bridgehead atoms. The Bertz CT molecular complexity index is 401. The van der Waals surface area contributed by atoms with E-state index in [0.717, 1.165) is 0 Å². The van der Waals surface area contributed by atoms with Crippen molar-refractivity contribution < 1.29 is 18.3 Å². The lowest BCUT2D eigenvalue weighted by Crippen LogP contribution is -2.10. The van der Waals surface area contributed by atoms with Crippen molar-refractivity contribution in [3.63, 3.8) is 0 Å². The zero-order chi connectivity index (χ0) is 13.0. The number of aryl methyl sites for hydroxylation is 1. The molecule has 0 radical (unpaired) electrons. The van der Waals surface area contributed by atoms with Gasteiger partial charge in [-0.2, -0.15) is 0 Å². The number of hydrogen-bond donors (Lipinski definition) is 0. The smallest absolute Gasteiger partial charge is 0.311 e. The lowest BCUT2D eigenvalue weighted by Gasteiger charge is -2.09. The lowest BCUT2D eigenvalue weighted by atomic mass is 10.1. The second-order valence-electron chi connectivity index (χ2n) is 3.42. The monoisotopic (exact) mass is 263 g/mol. The van der Waals surface area contributed by atoms with E-state index in [1.54, 1.807) is 6.92 Å². The van der Waals surface area contributed by atoms with Gasteiger partial charge < -0.3 is 4.74 Å². The third-order valence-corrected chi connectivity index (χ3v) is 2.41. The summed E-state index contributed by atoms with van der Waals surface area (Å²) in [6, 6.07) is 1.42. The third-order valence-electron chi connectivity index (χ3n) is 2.12. The number of hydrogen-bond acceptors (Lipinski definition) is 3. The molecule has 0 N–H and O–H groups in total. The van der Waals surface area contributed by atoms with Crippen LogP contribution in [0.5, 0.6) is 0 Å². The van der Waals surface area contributed by atoms with Gasteiger partial charge in [-0.25, -0.2) is 13.8 Å². The van der Waals surface area contributed by atoms with Gasteiger partial charge in [-0.05, 0) is 25.5 Å². The molecule has 0 unspecified atom stereocenters. The molecule has 94 valence electrons. The average Bonchev–Trinajstić information content (AvgIpc) is 2.15. The number of halogens is 3. The molecule has 0 amide bonds. The molecule has 0 saturated carbocycles. The fraction of sp³-hybridized carbons (Fsp3) is 0.455. The molecule has 1 aromatic rings. The minimum Gasteiger partial charge on any atom is -0.466 e. The number of rotatable bonds is 4. The molecule has 0 aliphatic carbocycles. The van der Waals surface area contributed by atoms with E-state index in [4.69, 9.17) is 16.3 Å². The van der Waals surface area contributed by atoms with Gasteiger partial charge >= 0.3 is 5.97 Å². The van der Waals surface area contributed by atoms with Crippen LogP contribution < -0.4 is 0 Å². The number of aromatic nitrogens is 1. The molecule has 0 saturated heterocycles. The van der Waals surface area contributed by atoms with Gasteiger partial charge in [0.2, 0.25) is 0 Å². The summed E-state index contributed by atoms with van der Waals surface area (Å²) in [6.45, 7) is 3.45. The minimum atomic E-state index is -2.67. The molecular formula is C11H12ClF2NO2. The van der Waals surface area contributed by atoms with Gasteiger partial charge in [0.15, 0.2) is 0 Å². The molecule has 1 rings (SSSR count). The summed E-state index contributed by atoms with van der Waals surface area (Å²) in [5.74, 6) is -0.458. The number of alkyl halides is 2. The van der Waals surface area contributed by atoms with Gasteiger partial charge in [0.05, 0.1) is 24.3 Å². The summed E-state index contributed by atoms with van der Waals surface area (Å²) in [6.07, 6.45) is -2.75. The van der Waals surface area contributed by atoms with E-state index < -0.39 is 12.4 Å². The summed E-state index contributed by atoms with van der Waals surface area (Å²) < 4.78 is 29.9. The first-order chi connectivity index (χ1) is 7.95. The van der Waals surface area contributed by atoms with E-state index in [9.17, 15) is 13.6 Å².